The molecule has 0 bridgehead atoms. The quantitative estimate of drug-likeness (QED) is 0.0293. The van der Waals surface area contributed by atoms with Gasteiger partial charge in [-0.1, -0.05) is 292 Å². The Morgan fingerprint density at radius 2 is 1.15 bits per heavy atom. The van der Waals surface area contributed by atoms with Crippen LogP contribution in [0.15, 0.2) is 237 Å². The van der Waals surface area contributed by atoms with Gasteiger partial charge in [0.2, 0.25) is 6.33 Å². The fourth-order valence-corrected chi connectivity index (χ4v) is 18.9. The Hall–Kier alpha value is -8.93. The standard InChI is InChI=1S/C94H96N4OSi.Pt/c1-65-87(50-46-79-78-39-25-26-42-84(78)98(89(65)79)88-61-69(90(2,3)4)51-57-95(88)13)99-71-31-28-30-70(62-71)97-64-96(86-58-66(43-49-85(86)97)63-100(72-32-18-14-19-33-72,73-34-20-15-21-35-73)74-36-22-16-23-37-74)56-27-17-24-38-77-75(67-44-47-80-82(59-67)93(9,10)54-52-91(80,5)6)40-29-41-76(77)68-45-48-81-83(60-68)94(11,12)55-53-92(81,7)8;/h14-16,18-23,25-26,28-37,39-51,57-61H,1,13,17,24,27,38,52-56,63H2,2-12H3;/q-2;+4/i5D3,6D3,7D3,8D3,9D3,10D3,11D3,12D3,44D,45D,47D,48D,52D2,53D2,54D2,55D2,59D,60D;. The van der Waals surface area contributed by atoms with Crippen molar-refractivity contribution in [3.8, 4) is 45.3 Å². The Morgan fingerprint density at radius 1 is 0.584 bits per heavy atom. The number of unbranched alkanes of at least 4 members (excludes halogenated alkanes) is 2. The molecule has 10 aromatic carbocycles. The van der Waals surface area contributed by atoms with E-state index in [-0.39, 0.29) is 58.0 Å². The summed E-state index contributed by atoms with van der Waals surface area (Å²) in [6.45, 7) is -25.1. The first-order valence-corrected chi connectivity index (χ1v) is 35.3. The molecular formula is C94H96N4OPtSi+2. The Labute approximate surface area is 669 Å². The molecule has 0 unspecified atom stereocenters. The maximum absolute atomic E-state index is 10.4. The molecule has 0 N–H and O–H groups in total. The summed E-state index contributed by atoms with van der Waals surface area (Å²) in [5.74, 6) is 1.43. The molecule has 7 heteroatoms. The minimum atomic E-state index is -4.82. The summed E-state index contributed by atoms with van der Waals surface area (Å²) in [7, 11) is 1.29. The number of pyridine rings is 1. The van der Waals surface area contributed by atoms with E-state index in [1.807, 2.05) is 120 Å². The van der Waals surface area contributed by atoms with E-state index in [1.165, 1.54) is 0 Å². The molecule has 3 aromatic heterocycles. The van der Waals surface area contributed by atoms with Crippen LogP contribution in [0.3, 0.4) is 0 Å². The van der Waals surface area contributed by atoms with Gasteiger partial charge < -0.3 is 23.0 Å². The predicted molar refractivity (Wildman–Crippen MR) is 419 cm³/mol. The monoisotopic (exact) mass is 1560 g/mol. The molecule has 510 valence electrons. The molecule has 0 amide bonds. The van der Waals surface area contributed by atoms with Gasteiger partial charge in [-0.3, -0.25) is 0 Å². The maximum atomic E-state index is 10.4. The van der Waals surface area contributed by atoms with Crippen molar-refractivity contribution < 1.29 is 87.0 Å². The van der Waals surface area contributed by atoms with E-state index >= 15 is 0 Å². The van der Waals surface area contributed by atoms with Gasteiger partial charge in [-0.2, -0.15) is 19.1 Å². The molecule has 3 heterocycles. The number of hydrogen-bond acceptors (Lipinski definition) is 1. The molecule has 2 aliphatic rings. The van der Waals surface area contributed by atoms with E-state index in [4.69, 9.17) is 37.6 Å². The molecule has 13 aromatic rings. The number of hydrogen-bond donors (Lipinski definition) is 0. The molecule has 2 aliphatic carbocycles. The van der Waals surface area contributed by atoms with E-state index in [0.29, 0.717) is 34.1 Å². The number of ether oxygens (including phenoxy) is 1. The van der Waals surface area contributed by atoms with Crippen molar-refractivity contribution in [3.63, 3.8) is 0 Å². The van der Waals surface area contributed by atoms with Crippen LogP contribution in [0.25, 0.3) is 66.6 Å². The number of nitrogens with zero attached hydrogens (tertiary/aromatic N) is 4. The van der Waals surface area contributed by atoms with Gasteiger partial charge in [0, 0.05) is 60.5 Å². The zero-order chi connectivity index (χ0) is 102. The van der Waals surface area contributed by atoms with E-state index < -0.39 is 203 Å². The zero-order valence-electron chi connectivity index (χ0n) is 93.7. The van der Waals surface area contributed by atoms with Crippen LogP contribution in [0.2, 0.25) is 0 Å². The average molecular weight is 1560 g/mol. The largest absolute Gasteiger partial charge is 4.00 e. The number of para-hydroxylation sites is 1. The topological polar surface area (TPSA) is 26.8 Å². The SMILES string of the molecule is [2H]c1c([2H])c2c(c([2H])c1-c1cccc(-c3c([2H])c([2H])c4c(c3[2H])C(C([2H])([2H])[2H])(C([2H])([2H])[2H])C([2H])([2H])C([2H])([2H])C4(C([2H])([2H])[2H])C([2H])([2H])[2H])c1CCCCC[n+]1[c-]n(-c3[c-]c(Oc4ccc5c6ccccc6n(-c6cc(C(C)(C)C)cc[n+]6[CH2-])c5c4[CH2-])ccc3)c3ccc(C[Si](c4ccccc4)(c4ccccc4)c4ccccc4)cc31)C(C([2H])([2H])[2H])(C([2H])([2H])[2H])C([2H])([2H])C([2H])([2H])C2(C([2H])([2H])[2H])C([2H])([2H])[2H].[Pt+4]. The Kier molecular flexibility index (Phi) is 9.89. The summed E-state index contributed by atoms with van der Waals surface area (Å²) in [5.41, 5.74) is -24.8. The molecule has 0 saturated carbocycles. The van der Waals surface area contributed by atoms with E-state index in [9.17, 15) is 19.2 Å². The molecule has 15 rings (SSSR count). The van der Waals surface area contributed by atoms with Crippen LogP contribution in [0.1, 0.15) is 217 Å². The molecule has 0 saturated heterocycles. The summed E-state index contributed by atoms with van der Waals surface area (Å²) in [4.78, 5) is 0. The summed E-state index contributed by atoms with van der Waals surface area (Å²) in [6.07, 6.45) is -14.5. The third-order valence-corrected chi connectivity index (χ3v) is 24.2. The first-order valence-electron chi connectivity index (χ1n) is 52.1. The fraction of sp³-hybridized carbons (Fsp3) is 0.277. The van der Waals surface area contributed by atoms with Gasteiger partial charge >= 0.3 is 21.1 Å². The second-order valence-electron chi connectivity index (χ2n) is 27.0. The van der Waals surface area contributed by atoms with Gasteiger partial charge in [-0.15, -0.1) is 17.7 Å². The molecule has 0 radical (unpaired) electrons. The van der Waals surface area contributed by atoms with Crippen molar-refractivity contribution in [1.82, 2.24) is 9.13 Å². The van der Waals surface area contributed by atoms with E-state index in [2.05, 4.69) is 100 Å². The molecule has 101 heavy (non-hydrogen) atoms. The second kappa shape index (κ2) is 26.8. The van der Waals surface area contributed by atoms with Gasteiger partial charge in [0.25, 0.3) is 0 Å². The molecule has 5 nitrogen and oxygen atoms in total. The van der Waals surface area contributed by atoms with Gasteiger partial charge in [-0.25, -0.2) is 0 Å². The third kappa shape index (κ3) is 12.7. The number of imidazole rings is 1. The van der Waals surface area contributed by atoms with Gasteiger partial charge in [0.15, 0.2) is 13.9 Å². The smallest absolute Gasteiger partial charge is 0.541 e. The minimum absolute atomic E-state index is 0. The van der Waals surface area contributed by atoms with Crippen LogP contribution in [-0.4, -0.2) is 17.2 Å². The number of benzene rings is 10. The van der Waals surface area contributed by atoms with E-state index in [0.717, 1.165) is 72.5 Å². The molecule has 0 spiro atoms. The second-order valence-corrected chi connectivity index (χ2v) is 30.9. The van der Waals surface area contributed by atoms with Crippen LogP contribution in [0, 0.1) is 26.4 Å². The molecular weight excluding hydrogens is 1420 g/mol. The van der Waals surface area contributed by atoms with Gasteiger partial charge in [-0.05, 0) is 186 Å². The first kappa shape index (κ1) is 37.3. The summed E-state index contributed by atoms with van der Waals surface area (Å²) < 4.78 is 369. The van der Waals surface area contributed by atoms with Crippen molar-refractivity contribution in [3.05, 3.63) is 307 Å². The van der Waals surface area contributed by atoms with Gasteiger partial charge in [0.05, 0.1) is 25.8 Å². The Morgan fingerprint density at radius 3 is 1.73 bits per heavy atom. The minimum Gasteiger partial charge on any atom is -0.541 e. The van der Waals surface area contributed by atoms with Crippen molar-refractivity contribution >= 4 is 56.5 Å². The third-order valence-electron chi connectivity index (χ3n) is 19.3. The van der Waals surface area contributed by atoms with Crippen LogP contribution in [-0.2, 0) is 67.1 Å². The average Bonchev–Trinajstić information content (AvgIpc) is 0.934. The summed E-state index contributed by atoms with van der Waals surface area (Å²) >= 11 is 0. The fourth-order valence-electron chi connectivity index (χ4n) is 14.2. The van der Waals surface area contributed by atoms with Crippen molar-refractivity contribution in [2.75, 3.05) is 0 Å². The van der Waals surface area contributed by atoms with Crippen LogP contribution >= 0.6 is 0 Å². The molecule has 0 aliphatic heterocycles. The normalized spacial score (nSPS) is 23.8. The number of aryl methyl sites for hydroxylation is 1. The predicted octanol–water partition coefficient (Wildman–Crippen LogP) is 20.5. The van der Waals surface area contributed by atoms with Crippen molar-refractivity contribution in [1.29, 1.82) is 0 Å². The number of aromatic nitrogens is 4. The van der Waals surface area contributed by atoms with Crippen LogP contribution in [0.4, 0.5) is 0 Å². The zero-order valence-corrected chi connectivity index (χ0v) is 59.0. The maximum Gasteiger partial charge on any atom is 4.00 e. The van der Waals surface area contributed by atoms with E-state index in [1.54, 1.807) is 27.3 Å². The number of rotatable bonds is 17. The summed E-state index contributed by atoms with van der Waals surface area (Å²) in [6, 6.07) is 54.9. The molecule has 0 atom stereocenters. The van der Waals surface area contributed by atoms with Crippen molar-refractivity contribution in [2.24, 2.45) is 0 Å². The summed E-state index contributed by atoms with van der Waals surface area (Å²) in [5, 5.41) is 5.16. The Balaban J connectivity index is 0.0000154. The van der Waals surface area contributed by atoms with Crippen LogP contribution < -0.4 is 29.4 Å². The first-order chi connectivity index (χ1) is 63.6. The molecule has 0 fully saturated rings. The number of fused-ring (bicyclic) bond motifs is 6. The van der Waals surface area contributed by atoms with Gasteiger partial charge in [0.1, 0.15) is 5.52 Å². The Bertz CT molecular complexity index is 6640. The van der Waals surface area contributed by atoms with Crippen LogP contribution in [0.5, 0.6) is 11.5 Å². The van der Waals surface area contributed by atoms with Crippen molar-refractivity contribution in [2.45, 2.75) is 166 Å².